The van der Waals surface area contributed by atoms with Crippen molar-refractivity contribution in [3.05, 3.63) is 35.4 Å². The molecule has 136 valence electrons. The smallest absolute Gasteiger partial charge is 0.305 e. The van der Waals surface area contributed by atoms with Gasteiger partial charge in [0.05, 0.1) is 12.5 Å². The summed E-state index contributed by atoms with van der Waals surface area (Å²) in [5.74, 6) is -3.00. The second-order valence-corrected chi connectivity index (χ2v) is 6.68. The summed E-state index contributed by atoms with van der Waals surface area (Å²) >= 11 is 0. The van der Waals surface area contributed by atoms with Crippen LogP contribution in [0.5, 0.6) is 0 Å². The number of rotatable bonds is 7. The molecule has 2 fully saturated rings. The van der Waals surface area contributed by atoms with Crippen molar-refractivity contribution in [1.82, 2.24) is 4.90 Å². The van der Waals surface area contributed by atoms with Gasteiger partial charge in [0.15, 0.2) is 0 Å². The Hall–Kier alpha value is -2.02. The predicted octanol–water partition coefficient (Wildman–Crippen LogP) is 2.55. The van der Waals surface area contributed by atoms with Crippen LogP contribution in [0.3, 0.4) is 0 Å². The minimum Gasteiger partial charge on any atom is -0.481 e. The van der Waals surface area contributed by atoms with Crippen LogP contribution in [-0.4, -0.2) is 47.7 Å². The Morgan fingerprint density at radius 2 is 2.12 bits per heavy atom. The van der Waals surface area contributed by atoms with Crippen LogP contribution in [0.25, 0.3) is 0 Å². The first-order valence-electron chi connectivity index (χ1n) is 8.53. The summed E-state index contributed by atoms with van der Waals surface area (Å²) in [5.41, 5.74) is 0.216. The van der Waals surface area contributed by atoms with Crippen molar-refractivity contribution in [1.29, 1.82) is 0 Å². The molecule has 0 bridgehead atoms. The predicted molar refractivity (Wildman–Crippen MR) is 85.0 cm³/mol. The molecule has 1 aliphatic heterocycles. The van der Waals surface area contributed by atoms with Crippen LogP contribution in [-0.2, 0) is 14.3 Å². The third-order valence-electron chi connectivity index (χ3n) is 4.82. The molecule has 1 heterocycles. The molecule has 0 spiro atoms. The van der Waals surface area contributed by atoms with Gasteiger partial charge in [0.25, 0.3) is 0 Å². The van der Waals surface area contributed by atoms with E-state index in [1.807, 2.05) is 0 Å². The zero-order valence-corrected chi connectivity index (χ0v) is 13.8. The molecule has 3 rings (SSSR count). The lowest BCUT2D eigenvalue weighted by molar-refractivity contribution is -0.139. The molecule has 2 aliphatic rings. The van der Waals surface area contributed by atoms with Crippen LogP contribution in [0.2, 0.25) is 0 Å². The third-order valence-corrected chi connectivity index (χ3v) is 4.82. The molecule has 0 unspecified atom stereocenters. The fourth-order valence-corrected chi connectivity index (χ4v) is 3.40. The van der Waals surface area contributed by atoms with Gasteiger partial charge in [-0.15, -0.1) is 0 Å². The minimum atomic E-state index is -0.978. The van der Waals surface area contributed by atoms with Crippen LogP contribution >= 0.6 is 0 Å². The van der Waals surface area contributed by atoms with E-state index in [1.54, 1.807) is 0 Å². The number of carbonyl (C=O) groups excluding carboxylic acids is 1. The van der Waals surface area contributed by atoms with Crippen LogP contribution in [0.1, 0.15) is 37.2 Å². The van der Waals surface area contributed by atoms with Gasteiger partial charge in [-0.25, -0.2) is 8.78 Å². The molecule has 1 saturated carbocycles. The van der Waals surface area contributed by atoms with E-state index in [2.05, 4.69) is 0 Å². The van der Waals surface area contributed by atoms with Gasteiger partial charge in [-0.2, -0.15) is 0 Å². The summed E-state index contributed by atoms with van der Waals surface area (Å²) in [6, 6.07) is 3.25. The van der Waals surface area contributed by atoms with Crippen molar-refractivity contribution in [2.75, 3.05) is 19.7 Å². The number of carbonyl (C=O) groups is 2. The summed E-state index contributed by atoms with van der Waals surface area (Å²) in [5, 5.41) is 8.90. The fourth-order valence-electron chi connectivity index (χ4n) is 3.40. The van der Waals surface area contributed by atoms with E-state index in [9.17, 15) is 18.4 Å². The Labute approximate surface area is 144 Å². The lowest BCUT2D eigenvalue weighted by Gasteiger charge is -2.25. The van der Waals surface area contributed by atoms with Gasteiger partial charge in [-0.05, 0) is 48.9 Å². The largest absolute Gasteiger partial charge is 0.481 e. The summed E-state index contributed by atoms with van der Waals surface area (Å²) in [6.45, 7) is 1.09. The van der Waals surface area contributed by atoms with E-state index in [-0.39, 0.29) is 36.5 Å². The summed E-state index contributed by atoms with van der Waals surface area (Å²) in [7, 11) is 0. The Bertz CT molecular complexity index is 660. The number of aliphatic carboxylic acids is 1. The van der Waals surface area contributed by atoms with Crippen LogP contribution in [0, 0.1) is 17.6 Å². The molecule has 0 radical (unpaired) electrons. The molecular formula is C18H21F2NO4. The number of hydrogen-bond donors (Lipinski definition) is 1. The molecule has 1 saturated heterocycles. The van der Waals surface area contributed by atoms with Gasteiger partial charge in [0.2, 0.25) is 5.91 Å². The van der Waals surface area contributed by atoms with Crippen LogP contribution < -0.4 is 0 Å². The maximum absolute atomic E-state index is 13.9. The lowest BCUT2D eigenvalue weighted by atomic mass is 10.1. The van der Waals surface area contributed by atoms with Gasteiger partial charge in [-0.3, -0.25) is 9.59 Å². The lowest BCUT2D eigenvalue weighted by Crippen LogP contribution is -2.39. The molecule has 1 N–H and O–H groups in total. The molecule has 3 atom stereocenters. The van der Waals surface area contributed by atoms with Crippen molar-refractivity contribution < 1.29 is 28.2 Å². The average Bonchev–Trinajstić information content (AvgIpc) is 3.20. The zero-order chi connectivity index (χ0) is 18.0. The monoisotopic (exact) mass is 353 g/mol. The minimum absolute atomic E-state index is 0.0825. The van der Waals surface area contributed by atoms with Crippen molar-refractivity contribution in [3.63, 3.8) is 0 Å². The second-order valence-electron chi connectivity index (χ2n) is 6.68. The molecule has 1 aromatic carbocycles. The topological polar surface area (TPSA) is 66.8 Å². The van der Waals surface area contributed by atoms with E-state index in [0.29, 0.717) is 19.6 Å². The number of carboxylic acid groups (broad SMARTS) is 1. The fraction of sp³-hybridized carbons (Fsp3) is 0.556. The number of amides is 1. The Morgan fingerprint density at radius 3 is 2.80 bits per heavy atom. The van der Waals surface area contributed by atoms with E-state index in [1.165, 1.54) is 4.90 Å². The highest BCUT2D eigenvalue weighted by molar-refractivity contribution is 5.83. The Balaban J connectivity index is 1.67. The Morgan fingerprint density at radius 1 is 1.32 bits per heavy atom. The first-order valence-corrected chi connectivity index (χ1v) is 8.53. The van der Waals surface area contributed by atoms with Crippen molar-refractivity contribution in [3.8, 4) is 0 Å². The number of ether oxygens (including phenoxy) is 1. The number of nitrogens with zero attached hydrogens (tertiary/aromatic N) is 1. The zero-order valence-electron chi connectivity index (χ0n) is 13.8. The SMILES string of the molecule is O=C(O)CCN(C[C@@H]1CCCO1)C(=O)[C@@H]1C[C@@H]1c1cc(F)ccc1F. The number of hydrogen-bond acceptors (Lipinski definition) is 3. The van der Waals surface area contributed by atoms with E-state index in [0.717, 1.165) is 31.0 Å². The highest BCUT2D eigenvalue weighted by Crippen LogP contribution is 2.49. The van der Waals surface area contributed by atoms with Gasteiger partial charge in [0.1, 0.15) is 11.6 Å². The highest BCUT2D eigenvalue weighted by atomic mass is 19.1. The van der Waals surface area contributed by atoms with E-state index < -0.39 is 23.5 Å². The first kappa shape index (κ1) is 17.8. The molecular weight excluding hydrogens is 332 g/mol. The van der Waals surface area contributed by atoms with E-state index >= 15 is 0 Å². The van der Waals surface area contributed by atoms with Gasteiger partial charge >= 0.3 is 5.97 Å². The molecule has 1 amide bonds. The summed E-state index contributed by atoms with van der Waals surface area (Å²) in [4.78, 5) is 25.1. The average molecular weight is 353 g/mol. The van der Waals surface area contributed by atoms with Gasteiger partial charge < -0.3 is 14.7 Å². The third kappa shape index (κ3) is 4.34. The van der Waals surface area contributed by atoms with E-state index in [4.69, 9.17) is 9.84 Å². The molecule has 5 nitrogen and oxygen atoms in total. The van der Waals surface area contributed by atoms with Crippen molar-refractivity contribution in [2.24, 2.45) is 5.92 Å². The molecule has 1 aliphatic carbocycles. The van der Waals surface area contributed by atoms with Crippen molar-refractivity contribution in [2.45, 2.75) is 37.7 Å². The van der Waals surface area contributed by atoms with Crippen molar-refractivity contribution >= 4 is 11.9 Å². The Kier molecular flexibility index (Phi) is 5.32. The number of benzene rings is 1. The molecule has 1 aromatic rings. The number of carboxylic acids is 1. The summed E-state index contributed by atoms with van der Waals surface area (Å²) < 4.78 is 32.8. The van der Waals surface area contributed by atoms with Crippen LogP contribution in [0.15, 0.2) is 18.2 Å². The standard InChI is InChI=1S/C18H21F2NO4/c19-11-3-4-16(20)14(8-11)13-9-15(13)18(24)21(6-5-17(22)23)10-12-2-1-7-25-12/h3-4,8,12-13,15H,1-2,5-7,9-10H2,(H,22,23)/t12-,13+,15+/m0/s1. The molecule has 0 aromatic heterocycles. The number of halogens is 2. The summed E-state index contributed by atoms with van der Waals surface area (Å²) in [6.07, 6.45) is 1.98. The maximum atomic E-state index is 13.9. The maximum Gasteiger partial charge on any atom is 0.305 e. The van der Waals surface area contributed by atoms with Gasteiger partial charge in [0, 0.05) is 25.6 Å². The normalized spacial score (nSPS) is 25.0. The highest BCUT2D eigenvalue weighted by Gasteiger charge is 2.47. The second kappa shape index (κ2) is 7.47. The van der Waals surface area contributed by atoms with Gasteiger partial charge in [-0.1, -0.05) is 0 Å². The molecule has 7 heteroatoms. The first-order chi connectivity index (χ1) is 12.0. The quantitative estimate of drug-likeness (QED) is 0.818. The van der Waals surface area contributed by atoms with Crippen LogP contribution in [0.4, 0.5) is 8.78 Å². The molecule has 25 heavy (non-hydrogen) atoms.